The summed E-state index contributed by atoms with van der Waals surface area (Å²) in [6.07, 6.45) is 1.68. The van der Waals surface area contributed by atoms with Gasteiger partial charge in [-0.05, 0) is 56.1 Å². The molecule has 5 heteroatoms. The number of carbonyl (C=O) groups is 2. The Morgan fingerprint density at radius 1 is 1.11 bits per heavy atom. The summed E-state index contributed by atoms with van der Waals surface area (Å²) < 4.78 is 4.76. The predicted molar refractivity (Wildman–Crippen MR) is 106 cm³/mol. The average molecular weight is 366 g/mol. The van der Waals surface area contributed by atoms with Gasteiger partial charge in [-0.25, -0.2) is 4.79 Å². The number of carbonyl (C=O) groups excluding carboxylic acids is 2. The third-order valence-corrected chi connectivity index (χ3v) is 5.12. The van der Waals surface area contributed by atoms with E-state index in [2.05, 4.69) is 34.5 Å². The van der Waals surface area contributed by atoms with Gasteiger partial charge in [0.2, 0.25) is 5.91 Å². The van der Waals surface area contributed by atoms with Crippen molar-refractivity contribution in [3.8, 4) is 0 Å². The molecule has 0 unspecified atom stereocenters. The number of rotatable bonds is 5. The van der Waals surface area contributed by atoms with Crippen molar-refractivity contribution in [1.29, 1.82) is 0 Å². The molecular weight excluding hydrogens is 340 g/mol. The first kappa shape index (κ1) is 19.1. The number of nitrogens with zero attached hydrogens (tertiary/aromatic N) is 1. The van der Waals surface area contributed by atoms with Crippen LogP contribution in [0, 0.1) is 12.8 Å². The molecule has 1 fully saturated rings. The Balaban J connectivity index is 1.56. The van der Waals surface area contributed by atoms with Crippen molar-refractivity contribution >= 4 is 17.6 Å². The Morgan fingerprint density at radius 2 is 1.81 bits per heavy atom. The van der Waals surface area contributed by atoms with Gasteiger partial charge in [-0.15, -0.1) is 0 Å². The lowest BCUT2D eigenvalue weighted by atomic mass is 9.95. The number of methoxy groups -OCH3 is 1. The average Bonchev–Trinajstić information content (AvgIpc) is 2.70. The number of esters is 1. The number of amides is 1. The molecule has 1 aliphatic rings. The van der Waals surface area contributed by atoms with Crippen molar-refractivity contribution in [2.45, 2.75) is 26.3 Å². The van der Waals surface area contributed by atoms with E-state index in [-0.39, 0.29) is 11.8 Å². The number of piperidine rings is 1. The zero-order chi connectivity index (χ0) is 19.2. The van der Waals surface area contributed by atoms with Crippen molar-refractivity contribution in [3.63, 3.8) is 0 Å². The van der Waals surface area contributed by atoms with Gasteiger partial charge in [0, 0.05) is 18.2 Å². The van der Waals surface area contributed by atoms with Crippen LogP contribution in [0.1, 0.15) is 34.3 Å². The van der Waals surface area contributed by atoms with Gasteiger partial charge in [-0.3, -0.25) is 9.69 Å². The fraction of sp³-hybridized carbons (Fsp3) is 0.364. The molecule has 0 radical (unpaired) electrons. The molecule has 5 nitrogen and oxygen atoms in total. The van der Waals surface area contributed by atoms with Crippen LogP contribution in [0.15, 0.2) is 48.5 Å². The standard InChI is InChI=1S/C22H26N2O3/c1-16-8-9-19(22(26)27-2)14-20(16)23-21(25)18-10-12-24(13-11-18)15-17-6-4-3-5-7-17/h3-9,14,18H,10-13,15H2,1-2H3,(H,23,25). The maximum absolute atomic E-state index is 12.7. The van der Waals surface area contributed by atoms with Gasteiger partial charge >= 0.3 is 5.97 Å². The van der Waals surface area contributed by atoms with Crippen LogP contribution >= 0.6 is 0 Å². The summed E-state index contributed by atoms with van der Waals surface area (Å²) in [5.74, 6) is -0.377. The SMILES string of the molecule is COC(=O)c1ccc(C)c(NC(=O)C2CCN(Cc3ccccc3)CC2)c1. The summed E-state index contributed by atoms with van der Waals surface area (Å²) >= 11 is 0. The molecule has 142 valence electrons. The topological polar surface area (TPSA) is 58.6 Å². The number of hydrogen-bond acceptors (Lipinski definition) is 4. The number of anilines is 1. The van der Waals surface area contributed by atoms with Gasteiger partial charge in [0.05, 0.1) is 12.7 Å². The molecule has 1 saturated heterocycles. The summed E-state index contributed by atoms with van der Waals surface area (Å²) in [4.78, 5) is 26.8. The van der Waals surface area contributed by atoms with E-state index in [0.29, 0.717) is 11.3 Å². The summed E-state index contributed by atoms with van der Waals surface area (Å²) in [7, 11) is 1.35. The first-order valence-corrected chi connectivity index (χ1v) is 9.33. The molecule has 1 amide bonds. The van der Waals surface area contributed by atoms with Gasteiger partial charge in [-0.1, -0.05) is 36.4 Å². The molecule has 0 spiro atoms. The fourth-order valence-electron chi connectivity index (χ4n) is 3.43. The molecule has 1 heterocycles. The highest BCUT2D eigenvalue weighted by Gasteiger charge is 2.25. The lowest BCUT2D eigenvalue weighted by Crippen LogP contribution is -2.37. The Kier molecular flexibility index (Phi) is 6.24. The third-order valence-electron chi connectivity index (χ3n) is 5.12. The Bertz CT molecular complexity index is 796. The van der Waals surface area contributed by atoms with E-state index >= 15 is 0 Å². The second-order valence-electron chi connectivity index (χ2n) is 7.05. The van der Waals surface area contributed by atoms with E-state index in [4.69, 9.17) is 4.74 Å². The molecule has 27 heavy (non-hydrogen) atoms. The van der Waals surface area contributed by atoms with Gasteiger partial charge in [0.15, 0.2) is 0 Å². The molecule has 3 rings (SSSR count). The van der Waals surface area contributed by atoms with Crippen LogP contribution in [-0.4, -0.2) is 37.0 Å². The minimum absolute atomic E-state index is 0.00166. The summed E-state index contributed by atoms with van der Waals surface area (Å²) in [6.45, 7) is 4.66. The normalized spacial score (nSPS) is 15.3. The van der Waals surface area contributed by atoms with Gasteiger partial charge in [0.1, 0.15) is 0 Å². The van der Waals surface area contributed by atoms with Crippen molar-refractivity contribution in [2.75, 3.05) is 25.5 Å². The molecule has 0 aliphatic carbocycles. The zero-order valence-electron chi connectivity index (χ0n) is 15.9. The minimum Gasteiger partial charge on any atom is -0.465 e. The first-order valence-electron chi connectivity index (χ1n) is 9.33. The Hall–Kier alpha value is -2.66. The predicted octanol–water partition coefficient (Wildman–Crippen LogP) is 3.63. The second kappa shape index (κ2) is 8.82. The quantitative estimate of drug-likeness (QED) is 0.821. The Morgan fingerprint density at radius 3 is 2.48 bits per heavy atom. The highest BCUT2D eigenvalue weighted by atomic mass is 16.5. The monoisotopic (exact) mass is 366 g/mol. The molecule has 0 saturated carbocycles. The number of ether oxygens (including phenoxy) is 1. The number of aryl methyl sites for hydroxylation is 1. The van der Waals surface area contributed by atoms with E-state index < -0.39 is 5.97 Å². The molecule has 0 atom stereocenters. The maximum atomic E-state index is 12.7. The van der Waals surface area contributed by atoms with Crippen LogP contribution in [0.2, 0.25) is 0 Å². The van der Waals surface area contributed by atoms with Crippen molar-refractivity contribution in [1.82, 2.24) is 4.90 Å². The van der Waals surface area contributed by atoms with Crippen LogP contribution in [0.5, 0.6) is 0 Å². The van der Waals surface area contributed by atoms with Crippen molar-refractivity contribution in [2.24, 2.45) is 5.92 Å². The molecule has 2 aromatic carbocycles. The van der Waals surface area contributed by atoms with Crippen LogP contribution in [0.4, 0.5) is 5.69 Å². The number of hydrogen-bond donors (Lipinski definition) is 1. The van der Waals surface area contributed by atoms with E-state index in [9.17, 15) is 9.59 Å². The highest BCUT2D eigenvalue weighted by molar-refractivity contribution is 5.96. The number of nitrogens with one attached hydrogen (secondary N) is 1. The molecular formula is C22H26N2O3. The summed E-state index contributed by atoms with van der Waals surface area (Å²) in [6, 6.07) is 15.6. The molecule has 2 aromatic rings. The van der Waals surface area contributed by atoms with E-state index in [1.165, 1.54) is 12.7 Å². The summed E-state index contributed by atoms with van der Waals surface area (Å²) in [5.41, 5.74) is 3.35. The van der Waals surface area contributed by atoms with Crippen LogP contribution in [0.3, 0.4) is 0 Å². The lowest BCUT2D eigenvalue weighted by Gasteiger charge is -2.31. The maximum Gasteiger partial charge on any atom is 0.337 e. The Labute approximate surface area is 160 Å². The van der Waals surface area contributed by atoms with Gasteiger partial charge in [0.25, 0.3) is 0 Å². The van der Waals surface area contributed by atoms with Gasteiger partial charge in [-0.2, -0.15) is 0 Å². The number of benzene rings is 2. The van der Waals surface area contributed by atoms with E-state index in [1.807, 2.05) is 19.1 Å². The largest absolute Gasteiger partial charge is 0.465 e. The molecule has 0 aromatic heterocycles. The van der Waals surface area contributed by atoms with Crippen LogP contribution < -0.4 is 5.32 Å². The van der Waals surface area contributed by atoms with E-state index in [0.717, 1.165) is 38.0 Å². The smallest absolute Gasteiger partial charge is 0.337 e. The minimum atomic E-state index is -0.403. The summed E-state index contributed by atoms with van der Waals surface area (Å²) in [5, 5.41) is 3.00. The molecule has 0 bridgehead atoms. The first-order chi connectivity index (χ1) is 13.1. The second-order valence-corrected chi connectivity index (χ2v) is 7.05. The third kappa shape index (κ3) is 4.95. The number of likely N-dealkylation sites (tertiary alicyclic amines) is 1. The lowest BCUT2D eigenvalue weighted by molar-refractivity contribution is -0.121. The van der Waals surface area contributed by atoms with Crippen LogP contribution in [-0.2, 0) is 16.1 Å². The van der Waals surface area contributed by atoms with Crippen molar-refractivity contribution < 1.29 is 14.3 Å². The molecule has 1 aliphatic heterocycles. The fourth-order valence-corrected chi connectivity index (χ4v) is 3.43. The highest BCUT2D eigenvalue weighted by Crippen LogP contribution is 2.23. The van der Waals surface area contributed by atoms with Crippen LogP contribution in [0.25, 0.3) is 0 Å². The van der Waals surface area contributed by atoms with Crippen molar-refractivity contribution in [3.05, 3.63) is 65.2 Å². The van der Waals surface area contributed by atoms with Gasteiger partial charge < -0.3 is 10.1 Å². The zero-order valence-corrected chi connectivity index (χ0v) is 15.9. The van der Waals surface area contributed by atoms with E-state index in [1.54, 1.807) is 12.1 Å². The molecule has 1 N–H and O–H groups in total.